The Hall–Kier alpha value is -2.10. The second kappa shape index (κ2) is 5.49. The van der Waals surface area contributed by atoms with Crippen LogP contribution in [0, 0.1) is 11.8 Å². The molecule has 104 valence electrons. The zero-order valence-electron chi connectivity index (χ0n) is 11.6. The summed E-state index contributed by atoms with van der Waals surface area (Å²) in [6, 6.07) is 10.2. The zero-order valence-corrected chi connectivity index (χ0v) is 11.6. The van der Waals surface area contributed by atoms with Gasteiger partial charge in [-0.2, -0.15) is 5.10 Å². The summed E-state index contributed by atoms with van der Waals surface area (Å²) in [5.74, 6) is 0.957. The molecule has 3 rings (SSSR count). The number of amides is 1. The Morgan fingerprint density at radius 3 is 2.80 bits per heavy atom. The molecular formula is C16H19N3O. The summed E-state index contributed by atoms with van der Waals surface area (Å²) in [7, 11) is 0. The number of carbonyl (C=O) groups excluding carboxylic acids is 1. The second-order valence-corrected chi connectivity index (χ2v) is 5.57. The molecule has 20 heavy (non-hydrogen) atoms. The van der Waals surface area contributed by atoms with Crippen LogP contribution >= 0.6 is 0 Å². The molecule has 2 atom stereocenters. The van der Waals surface area contributed by atoms with Gasteiger partial charge in [-0.15, -0.1) is 0 Å². The third kappa shape index (κ3) is 3.07. The molecule has 1 N–H and O–H groups in total. The van der Waals surface area contributed by atoms with Crippen LogP contribution in [0.4, 0.5) is 0 Å². The first-order valence-corrected chi connectivity index (χ1v) is 7.05. The maximum absolute atomic E-state index is 11.7. The highest BCUT2D eigenvalue weighted by molar-refractivity contribution is 5.81. The molecule has 1 aliphatic carbocycles. The van der Waals surface area contributed by atoms with E-state index in [0.29, 0.717) is 12.5 Å². The Kier molecular flexibility index (Phi) is 3.54. The van der Waals surface area contributed by atoms with Crippen molar-refractivity contribution in [2.75, 3.05) is 0 Å². The number of nitrogens with one attached hydrogen (secondary N) is 1. The minimum absolute atomic E-state index is 0.174. The number of hydrogen-bond donors (Lipinski definition) is 1. The van der Waals surface area contributed by atoms with Crippen LogP contribution < -0.4 is 5.32 Å². The first-order chi connectivity index (χ1) is 9.72. The molecule has 1 aromatic heterocycles. The van der Waals surface area contributed by atoms with Gasteiger partial charge in [-0.1, -0.05) is 37.3 Å². The van der Waals surface area contributed by atoms with Gasteiger partial charge in [0.15, 0.2) is 0 Å². The summed E-state index contributed by atoms with van der Waals surface area (Å²) < 4.78 is 1.90. The average molecular weight is 269 g/mol. The molecule has 0 radical (unpaired) electrons. The summed E-state index contributed by atoms with van der Waals surface area (Å²) in [6.45, 7) is 3.44. The van der Waals surface area contributed by atoms with Gasteiger partial charge in [-0.05, 0) is 17.9 Å². The van der Waals surface area contributed by atoms with Crippen LogP contribution in [-0.2, 0) is 17.9 Å². The summed E-state index contributed by atoms with van der Waals surface area (Å²) >= 11 is 0. The van der Waals surface area contributed by atoms with Crippen LogP contribution in [0.1, 0.15) is 24.5 Å². The van der Waals surface area contributed by atoms with Gasteiger partial charge in [0.25, 0.3) is 0 Å². The van der Waals surface area contributed by atoms with Crippen molar-refractivity contribution in [2.24, 2.45) is 11.8 Å². The van der Waals surface area contributed by atoms with Crippen LogP contribution in [0.15, 0.2) is 42.7 Å². The van der Waals surface area contributed by atoms with Crippen LogP contribution in [-0.4, -0.2) is 15.7 Å². The minimum Gasteiger partial charge on any atom is -0.352 e. The maximum atomic E-state index is 11.7. The molecule has 1 amide bonds. The van der Waals surface area contributed by atoms with Crippen LogP contribution in [0.25, 0.3) is 0 Å². The van der Waals surface area contributed by atoms with E-state index in [1.54, 1.807) is 0 Å². The molecule has 1 fully saturated rings. The van der Waals surface area contributed by atoms with Gasteiger partial charge in [0.05, 0.1) is 12.7 Å². The van der Waals surface area contributed by atoms with E-state index in [9.17, 15) is 4.79 Å². The van der Waals surface area contributed by atoms with Gasteiger partial charge >= 0.3 is 0 Å². The lowest BCUT2D eigenvalue weighted by Crippen LogP contribution is -2.24. The highest BCUT2D eigenvalue weighted by Crippen LogP contribution is 2.37. The summed E-state index contributed by atoms with van der Waals surface area (Å²) in [6.07, 6.45) is 4.84. The largest absolute Gasteiger partial charge is 0.352 e. The zero-order chi connectivity index (χ0) is 13.9. The van der Waals surface area contributed by atoms with Gasteiger partial charge in [0, 0.05) is 24.2 Å². The smallest absolute Gasteiger partial charge is 0.223 e. The van der Waals surface area contributed by atoms with Crippen LogP contribution in [0.3, 0.4) is 0 Å². The molecule has 4 heteroatoms. The molecule has 0 saturated heterocycles. The Morgan fingerprint density at radius 2 is 2.10 bits per heavy atom. The molecule has 1 aromatic carbocycles. The van der Waals surface area contributed by atoms with Crippen molar-refractivity contribution in [3.8, 4) is 0 Å². The number of nitrogens with zero attached hydrogens (tertiary/aromatic N) is 2. The SMILES string of the molecule is CC1CC1C(=O)NCc1cnn(Cc2ccccc2)c1. The van der Waals surface area contributed by atoms with Crippen molar-refractivity contribution in [3.05, 3.63) is 53.9 Å². The van der Waals surface area contributed by atoms with Crippen molar-refractivity contribution in [1.82, 2.24) is 15.1 Å². The highest BCUT2D eigenvalue weighted by atomic mass is 16.2. The number of hydrogen-bond acceptors (Lipinski definition) is 2. The topological polar surface area (TPSA) is 46.9 Å². The molecule has 1 aliphatic rings. The van der Waals surface area contributed by atoms with Gasteiger partial charge in [0.1, 0.15) is 0 Å². The second-order valence-electron chi connectivity index (χ2n) is 5.57. The van der Waals surface area contributed by atoms with Crippen LogP contribution in [0.2, 0.25) is 0 Å². The third-order valence-electron chi connectivity index (χ3n) is 3.79. The third-order valence-corrected chi connectivity index (χ3v) is 3.79. The predicted molar refractivity (Wildman–Crippen MR) is 76.9 cm³/mol. The number of rotatable bonds is 5. The Labute approximate surface area is 118 Å². The van der Waals surface area contributed by atoms with E-state index in [0.717, 1.165) is 18.5 Å². The molecule has 2 unspecified atom stereocenters. The van der Waals surface area contributed by atoms with Crippen molar-refractivity contribution >= 4 is 5.91 Å². The van der Waals surface area contributed by atoms with E-state index in [1.165, 1.54) is 5.56 Å². The van der Waals surface area contributed by atoms with E-state index < -0.39 is 0 Å². The van der Waals surface area contributed by atoms with Crippen LogP contribution in [0.5, 0.6) is 0 Å². The van der Waals surface area contributed by atoms with Gasteiger partial charge < -0.3 is 5.32 Å². The lowest BCUT2D eigenvalue weighted by Gasteiger charge is -2.02. The van der Waals surface area contributed by atoms with Crippen molar-refractivity contribution in [2.45, 2.75) is 26.4 Å². The molecule has 0 bridgehead atoms. The van der Waals surface area contributed by atoms with E-state index in [4.69, 9.17) is 0 Å². The highest BCUT2D eigenvalue weighted by Gasteiger charge is 2.38. The number of carbonyl (C=O) groups is 1. The Balaban J connectivity index is 1.53. The molecular weight excluding hydrogens is 250 g/mol. The fourth-order valence-corrected chi connectivity index (χ4v) is 2.36. The molecule has 2 aromatic rings. The van der Waals surface area contributed by atoms with E-state index in [-0.39, 0.29) is 11.8 Å². The van der Waals surface area contributed by atoms with Gasteiger partial charge in [-0.3, -0.25) is 9.48 Å². The van der Waals surface area contributed by atoms with E-state index in [2.05, 4.69) is 29.5 Å². The van der Waals surface area contributed by atoms with Gasteiger partial charge in [-0.25, -0.2) is 0 Å². The molecule has 1 heterocycles. The normalized spacial score (nSPS) is 20.6. The van der Waals surface area contributed by atoms with Crippen molar-refractivity contribution in [1.29, 1.82) is 0 Å². The quantitative estimate of drug-likeness (QED) is 0.904. The number of benzene rings is 1. The van der Waals surface area contributed by atoms with Crippen molar-refractivity contribution < 1.29 is 4.79 Å². The van der Waals surface area contributed by atoms with Crippen molar-refractivity contribution in [3.63, 3.8) is 0 Å². The Bertz CT molecular complexity index is 591. The summed E-state index contributed by atoms with van der Waals surface area (Å²) in [5, 5.41) is 7.31. The van der Waals surface area contributed by atoms with E-state index >= 15 is 0 Å². The summed E-state index contributed by atoms with van der Waals surface area (Å²) in [4.78, 5) is 11.7. The predicted octanol–water partition coefficient (Wildman–Crippen LogP) is 2.20. The minimum atomic E-state index is 0.174. The Morgan fingerprint density at radius 1 is 1.35 bits per heavy atom. The lowest BCUT2D eigenvalue weighted by molar-refractivity contribution is -0.122. The number of aromatic nitrogens is 2. The summed E-state index contributed by atoms with van der Waals surface area (Å²) in [5.41, 5.74) is 2.26. The first-order valence-electron chi connectivity index (χ1n) is 7.05. The standard InChI is InChI=1S/C16H19N3O/c1-12-7-15(12)16(20)17-8-14-9-18-19(11-14)10-13-5-3-2-4-6-13/h2-6,9,11-12,15H,7-8,10H2,1H3,(H,17,20). The average Bonchev–Trinajstić information content (AvgIpc) is 3.02. The fourth-order valence-electron chi connectivity index (χ4n) is 2.36. The monoisotopic (exact) mass is 269 g/mol. The molecule has 4 nitrogen and oxygen atoms in total. The lowest BCUT2D eigenvalue weighted by atomic mass is 10.2. The molecule has 0 spiro atoms. The molecule has 1 saturated carbocycles. The van der Waals surface area contributed by atoms with E-state index in [1.807, 2.05) is 35.3 Å². The fraction of sp³-hybridized carbons (Fsp3) is 0.375. The first kappa shape index (κ1) is 12.9. The maximum Gasteiger partial charge on any atom is 0.223 e. The molecule has 0 aliphatic heterocycles. The van der Waals surface area contributed by atoms with Gasteiger partial charge in [0.2, 0.25) is 5.91 Å².